The number of rotatable bonds is 7. The Kier molecular flexibility index (Phi) is 7.61. The molecule has 4 aromatic rings. The van der Waals surface area contributed by atoms with E-state index in [1.54, 1.807) is 32.9 Å². The van der Waals surface area contributed by atoms with Crippen LogP contribution in [0.1, 0.15) is 60.1 Å². The number of fused-ring (bicyclic) bond motifs is 2. The number of aromatic nitrogens is 5. The molecule has 1 spiro atoms. The van der Waals surface area contributed by atoms with Gasteiger partial charge in [0.05, 0.1) is 44.5 Å². The van der Waals surface area contributed by atoms with Gasteiger partial charge >= 0.3 is 5.97 Å². The quantitative estimate of drug-likeness (QED) is 0.274. The van der Waals surface area contributed by atoms with Gasteiger partial charge in [0.25, 0.3) is 6.43 Å². The summed E-state index contributed by atoms with van der Waals surface area (Å²) in [6.07, 6.45) is 0.0928. The van der Waals surface area contributed by atoms with Gasteiger partial charge in [0.2, 0.25) is 21.7 Å². The summed E-state index contributed by atoms with van der Waals surface area (Å²) < 4.78 is 74.2. The summed E-state index contributed by atoms with van der Waals surface area (Å²) in [5.41, 5.74) is 0.923. The van der Waals surface area contributed by atoms with Crippen molar-refractivity contribution in [1.29, 1.82) is 0 Å². The minimum Gasteiger partial charge on any atom is -0.469 e. The molecule has 1 unspecified atom stereocenters. The van der Waals surface area contributed by atoms with Crippen LogP contribution in [0.2, 0.25) is 0 Å². The number of ether oxygens (including phenoxy) is 3. The Balaban J connectivity index is 1.46. The van der Waals surface area contributed by atoms with Crippen molar-refractivity contribution < 1.29 is 36.2 Å². The lowest BCUT2D eigenvalue weighted by molar-refractivity contribution is -0.166. The number of nitrogens with zero attached hydrogens (tertiary/aromatic N) is 6. The molecular formula is C30H32F2N6O6S. The number of alkyl halides is 2. The van der Waals surface area contributed by atoms with Gasteiger partial charge in [0.15, 0.2) is 11.2 Å². The van der Waals surface area contributed by atoms with E-state index in [0.29, 0.717) is 22.5 Å². The highest BCUT2D eigenvalue weighted by atomic mass is 32.2. The first-order chi connectivity index (χ1) is 21.3. The van der Waals surface area contributed by atoms with E-state index in [2.05, 4.69) is 15.2 Å². The van der Waals surface area contributed by atoms with Gasteiger partial charge in [-0.25, -0.2) is 22.2 Å². The molecule has 15 heteroatoms. The van der Waals surface area contributed by atoms with E-state index in [1.165, 1.54) is 40.3 Å². The third kappa shape index (κ3) is 5.12. The van der Waals surface area contributed by atoms with Gasteiger partial charge in [-0.1, -0.05) is 6.07 Å². The normalized spacial score (nSPS) is 18.2. The van der Waals surface area contributed by atoms with Crippen molar-refractivity contribution in [1.82, 2.24) is 28.9 Å². The topological polar surface area (TPSA) is 138 Å². The molecule has 0 aliphatic carbocycles. The number of sulfonamides is 1. The Morgan fingerprint density at radius 3 is 2.58 bits per heavy atom. The van der Waals surface area contributed by atoms with Crippen LogP contribution in [0.5, 0.6) is 5.88 Å². The van der Waals surface area contributed by atoms with Gasteiger partial charge in [-0.15, -0.1) is 10.2 Å². The molecule has 6 rings (SSSR count). The lowest BCUT2D eigenvalue weighted by Crippen LogP contribution is -2.60. The molecule has 2 aliphatic heterocycles. The SMILES string of the molecule is COC(=O)C(C)(C)C(c1ccc(C)c(CN2CC3(COC3)Oc3ncccc3S2(=O)=O)n1)c1ccn2c(C(F)F)nnc2c1C. The molecule has 12 nitrogen and oxygen atoms in total. The molecule has 4 aromatic heterocycles. The number of methoxy groups -OCH3 is 1. The maximum absolute atomic E-state index is 13.9. The maximum Gasteiger partial charge on any atom is 0.312 e. The second kappa shape index (κ2) is 11.1. The van der Waals surface area contributed by atoms with Gasteiger partial charge in [0.1, 0.15) is 4.90 Å². The standard InChI is InChI=1S/C30H32F2N6O6S/c1-17-8-9-20(23(29(3,4)28(39)42-5)19-10-12-38-25(18(19)2)35-36-26(38)24(31)32)34-21(17)13-37-14-30(15-43-16-30)44-27-22(45(37,40)41)7-6-11-33-27/h6-12,23-24H,13-16H2,1-5H3. The number of carbonyl (C=O) groups excluding carboxylic acids is 1. The van der Waals surface area contributed by atoms with Crippen LogP contribution < -0.4 is 4.74 Å². The van der Waals surface area contributed by atoms with Crippen LogP contribution in [0.3, 0.4) is 0 Å². The summed E-state index contributed by atoms with van der Waals surface area (Å²) in [4.78, 5) is 22.3. The Hall–Kier alpha value is -4.08. The van der Waals surface area contributed by atoms with Crippen LogP contribution in [0, 0.1) is 19.3 Å². The highest BCUT2D eigenvalue weighted by molar-refractivity contribution is 7.89. The predicted octanol–water partition coefficient (Wildman–Crippen LogP) is 3.76. The molecule has 1 atom stereocenters. The molecule has 0 radical (unpaired) electrons. The highest BCUT2D eigenvalue weighted by Crippen LogP contribution is 2.44. The van der Waals surface area contributed by atoms with Gasteiger partial charge < -0.3 is 14.2 Å². The summed E-state index contributed by atoms with van der Waals surface area (Å²) >= 11 is 0. The fourth-order valence-electron chi connectivity index (χ4n) is 6.00. The second-order valence-corrected chi connectivity index (χ2v) is 13.9. The first kappa shape index (κ1) is 30.9. The maximum atomic E-state index is 13.9. The van der Waals surface area contributed by atoms with Gasteiger partial charge in [-0.2, -0.15) is 4.31 Å². The summed E-state index contributed by atoms with van der Waals surface area (Å²) in [5, 5.41) is 7.66. The van der Waals surface area contributed by atoms with Crippen LogP contribution in [-0.2, 0) is 30.8 Å². The van der Waals surface area contributed by atoms with Crippen LogP contribution in [0.15, 0.2) is 47.6 Å². The smallest absolute Gasteiger partial charge is 0.312 e. The fraction of sp³-hybridized carbons (Fsp3) is 0.433. The Morgan fingerprint density at radius 2 is 1.91 bits per heavy atom. The molecule has 1 fully saturated rings. The van der Waals surface area contributed by atoms with E-state index in [1.807, 2.05) is 13.0 Å². The van der Waals surface area contributed by atoms with Crippen LogP contribution >= 0.6 is 0 Å². The van der Waals surface area contributed by atoms with E-state index in [4.69, 9.17) is 19.2 Å². The summed E-state index contributed by atoms with van der Waals surface area (Å²) in [6, 6.07) is 8.23. The Bertz CT molecular complexity index is 1910. The molecule has 238 valence electrons. The molecule has 0 bridgehead atoms. The average molecular weight is 643 g/mol. The van der Waals surface area contributed by atoms with E-state index in [-0.39, 0.29) is 42.7 Å². The third-order valence-corrected chi connectivity index (χ3v) is 10.3. The lowest BCUT2D eigenvalue weighted by atomic mass is 9.72. The minimum absolute atomic E-state index is 0.0171. The third-order valence-electron chi connectivity index (χ3n) is 8.54. The summed E-state index contributed by atoms with van der Waals surface area (Å²) in [5.74, 6) is -1.72. The molecule has 0 aromatic carbocycles. The summed E-state index contributed by atoms with van der Waals surface area (Å²) in [6.45, 7) is 7.30. The van der Waals surface area contributed by atoms with Gasteiger partial charge in [0, 0.05) is 24.0 Å². The van der Waals surface area contributed by atoms with E-state index < -0.39 is 45.2 Å². The number of aryl methyl sites for hydroxylation is 2. The number of esters is 1. The predicted molar refractivity (Wildman–Crippen MR) is 155 cm³/mol. The molecule has 2 aliphatic rings. The van der Waals surface area contributed by atoms with Crippen molar-refractivity contribution in [3.05, 3.63) is 76.6 Å². The van der Waals surface area contributed by atoms with Crippen molar-refractivity contribution in [3.63, 3.8) is 0 Å². The Labute approximate surface area is 258 Å². The van der Waals surface area contributed by atoms with Crippen molar-refractivity contribution in [3.8, 4) is 5.88 Å². The second-order valence-electron chi connectivity index (χ2n) is 12.0. The number of halogens is 2. The van der Waals surface area contributed by atoms with Crippen LogP contribution in [-0.4, -0.2) is 75.7 Å². The highest BCUT2D eigenvalue weighted by Gasteiger charge is 2.50. The number of hydrogen-bond donors (Lipinski definition) is 0. The average Bonchev–Trinajstić information content (AvgIpc) is 3.39. The van der Waals surface area contributed by atoms with E-state index in [0.717, 1.165) is 5.56 Å². The van der Waals surface area contributed by atoms with Crippen molar-refractivity contribution in [2.75, 3.05) is 26.9 Å². The van der Waals surface area contributed by atoms with Gasteiger partial charge in [-0.3, -0.25) is 14.2 Å². The molecule has 0 amide bonds. The minimum atomic E-state index is -4.05. The van der Waals surface area contributed by atoms with Gasteiger partial charge in [-0.05, 0) is 68.7 Å². The molecule has 0 N–H and O–H groups in total. The fourth-order valence-corrected chi connectivity index (χ4v) is 7.54. The van der Waals surface area contributed by atoms with E-state index >= 15 is 0 Å². The molecule has 0 saturated carbocycles. The molecule has 45 heavy (non-hydrogen) atoms. The summed E-state index contributed by atoms with van der Waals surface area (Å²) in [7, 11) is -2.76. The van der Waals surface area contributed by atoms with Crippen LogP contribution in [0.25, 0.3) is 5.65 Å². The van der Waals surface area contributed by atoms with Crippen molar-refractivity contribution >= 4 is 21.6 Å². The monoisotopic (exact) mass is 642 g/mol. The lowest BCUT2D eigenvalue weighted by Gasteiger charge is -2.41. The first-order valence-electron chi connectivity index (χ1n) is 14.2. The van der Waals surface area contributed by atoms with E-state index in [9.17, 15) is 22.0 Å². The molecular weight excluding hydrogens is 610 g/mol. The largest absolute Gasteiger partial charge is 0.469 e. The zero-order chi connectivity index (χ0) is 32.3. The number of carbonyl (C=O) groups is 1. The van der Waals surface area contributed by atoms with Crippen LogP contribution in [0.4, 0.5) is 8.78 Å². The molecule has 6 heterocycles. The molecule has 1 saturated heterocycles. The zero-order valence-corrected chi connectivity index (χ0v) is 26.1. The van der Waals surface area contributed by atoms with Crippen molar-refractivity contribution in [2.24, 2.45) is 5.41 Å². The Morgan fingerprint density at radius 1 is 1.16 bits per heavy atom. The van der Waals surface area contributed by atoms with Crippen molar-refractivity contribution in [2.45, 2.75) is 57.1 Å². The number of hydrogen-bond acceptors (Lipinski definition) is 10. The zero-order valence-electron chi connectivity index (χ0n) is 25.3. The first-order valence-corrected chi connectivity index (χ1v) is 15.6. The number of pyridine rings is 3.